The molecule has 0 amide bonds. The predicted octanol–water partition coefficient (Wildman–Crippen LogP) is 3.17. The maximum atomic E-state index is 11.8. The maximum absolute atomic E-state index is 11.8. The van der Waals surface area contributed by atoms with E-state index in [1.165, 1.54) is 11.8 Å². The van der Waals surface area contributed by atoms with E-state index in [9.17, 15) is 18.0 Å². The number of thioether (sulfide) groups is 1. The lowest BCUT2D eigenvalue weighted by atomic mass is 10.1. The highest BCUT2D eigenvalue weighted by molar-refractivity contribution is 7.98. The zero-order chi connectivity index (χ0) is 12.9. The van der Waals surface area contributed by atoms with Gasteiger partial charge in [-0.15, -0.1) is 11.8 Å². The van der Waals surface area contributed by atoms with Gasteiger partial charge in [0.1, 0.15) is 13.2 Å². The van der Waals surface area contributed by atoms with E-state index in [2.05, 4.69) is 4.74 Å². The molecule has 17 heavy (non-hydrogen) atoms. The van der Waals surface area contributed by atoms with Gasteiger partial charge in [0.2, 0.25) is 0 Å². The van der Waals surface area contributed by atoms with E-state index < -0.39 is 25.2 Å². The minimum absolute atomic E-state index is 0.352. The first-order chi connectivity index (χ1) is 7.92. The molecule has 0 aliphatic carbocycles. The number of hydrogen-bond acceptors (Lipinski definition) is 3. The summed E-state index contributed by atoms with van der Waals surface area (Å²) >= 11 is 1.52. The van der Waals surface area contributed by atoms with Crippen molar-refractivity contribution in [3.05, 3.63) is 29.8 Å². The van der Waals surface area contributed by atoms with Gasteiger partial charge in [0.05, 0.1) is 0 Å². The van der Waals surface area contributed by atoms with Gasteiger partial charge in [-0.3, -0.25) is 4.79 Å². The van der Waals surface area contributed by atoms with Gasteiger partial charge in [-0.2, -0.15) is 13.2 Å². The molecule has 0 aromatic heterocycles. The fraction of sp³-hybridized carbons (Fsp3) is 0.364. The number of halogens is 3. The molecule has 2 nitrogen and oxygen atoms in total. The summed E-state index contributed by atoms with van der Waals surface area (Å²) in [6.07, 6.45) is -2.51. The number of rotatable bonds is 5. The summed E-state index contributed by atoms with van der Waals surface area (Å²) in [6, 6.07) is 6.62. The Hall–Kier alpha value is -1.01. The average Bonchev–Trinajstić information content (AvgIpc) is 2.27. The van der Waals surface area contributed by atoms with E-state index in [-0.39, 0.29) is 0 Å². The van der Waals surface area contributed by atoms with Crippen LogP contribution in [0.15, 0.2) is 29.2 Å². The molecule has 0 aliphatic heterocycles. The van der Waals surface area contributed by atoms with Gasteiger partial charge in [0, 0.05) is 10.5 Å². The maximum Gasteiger partial charge on any atom is 0.411 e. The summed E-state index contributed by atoms with van der Waals surface area (Å²) < 4.78 is 39.6. The first-order valence-corrected chi connectivity index (χ1v) is 5.96. The molecule has 94 valence electrons. The summed E-state index contributed by atoms with van der Waals surface area (Å²) in [5, 5.41) is 0. The number of alkyl halides is 3. The first kappa shape index (κ1) is 14.1. The zero-order valence-corrected chi connectivity index (χ0v) is 9.90. The van der Waals surface area contributed by atoms with Crippen molar-refractivity contribution in [1.82, 2.24) is 0 Å². The summed E-state index contributed by atoms with van der Waals surface area (Å²) in [7, 11) is 0. The second-order valence-corrected chi connectivity index (χ2v) is 4.14. The van der Waals surface area contributed by atoms with Gasteiger partial charge in [0.15, 0.2) is 5.78 Å². The number of Topliss-reactive ketones (excluding diaryl/α,β-unsaturated/α-hetero) is 1. The molecule has 1 aromatic rings. The van der Waals surface area contributed by atoms with Crippen LogP contribution >= 0.6 is 11.8 Å². The van der Waals surface area contributed by atoms with E-state index in [1.807, 2.05) is 6.26 Å². The predicted molar refractivity (Wildman–Crippen MR) is 59.4 cm³/mol. The van der Waals surface area contributed by atoms with Crippen LogP contribution in [0.4, 0.5) is 13.2 Å². The average molecular weight is 264 g/mol. The monoisotopic (exact) mass is 264 g/mol. The Bertz CT molecular complexity index is 373. The van der Waals surface area contributed by atoms with Crippen LogP contribution in [0, 0.1) is 0 Å². The van der Waals surface area contributed by atoms with Gasteiger partial charge in [0.25, 0.3) is 0 Å². The second-order valence-electron chi connectivity index (χ2n) is 3.26. The standard InChI is InChI=1S/C11H11F3O2S/c1-17-9-4-2-8(3-5-9)10(15)6-16-7-11(12,13)14/h2-5H,6-7H2,1H3. The normalized spacial score (nSPS) is 11.5. The van der Waals surface area contributed by atoms with Crippen LogP contribution in [-0.2, 0) is 4.74 Å². The highest BCUT2D eigenvalue weighted by atomic mass is 32.2. The number of ketones is 1. The van der Waals surface area contributed by atoms with Gasteiger partial charge in [-0.1, -0.05) is 12.1 Å². The highest BCUT2D eigenvalue weighted by Crippen LogP contribution is 2.16. The minimum Gasteiger partial charge on any atom is -0.364 e. The summed E-state index contributed by atoms with van der Waals surface area (Å²) in [5.74, 6) is -0.457. The van der Waals surface area contributed by atoms with Crippen molar-refractivity contribution >= 4 is 17.5 Å². The number of carbonyl (C=O) groups excluding carboxylic acids is 1. The summed E-state index contributed by atoms with van der Waals surface area (Å²) in [6.45, 7) is -1.96. The van der Waals surface area contributed by atoms with Crippen molar-refractivity contribution in [2.24, 2.45) is 0 Å². The van der Waals surface area contributed by atoms with Crippen molar-refractivity contribution in [3.63, 3.8) is 0 Å². The smallest absolute Gasteiger partial charge is 0.364 e. The van der Waals surface area contributed by atoms with Crippen molar-refractivity contribution in [2.75, 3.05) is 19.5 Å². The number of hydrogen-bond donors (Lipinski definition) is 0. The number of benzene rings is 1. The molecule has 1 rings (SSSR count). The van der Waals surface area contributed by atoms with Crippen LogP contribution in [0.25, 0.3) is 0 Å². The van der Waals surface area contributed by atoms with E-state index in [1.54, 1.807) is 24.3 Å². The van der Waals surface area contributed by atoms with Crippen molar-refractivity contribution in [3.8, 4) is 0 Å². The molecular formula is C11H11F3O2S. The summed E-state index contributed by atoms with van der Waals surface area (Å²) in [5.41, 5.74) is 0.352. The summed E-state index contributed by atoms with van der Waals surface area (Å²) in [4.78, 5) is 12.4. The fourth-order valence-electron chi connectivity index (χ4n) is 1.12. The first-order valence-electron chi connectivity index (χ1n) is 4.74. The molecule has 0 radical (unpaired) electrons. The van der Waals surface area contributed by atoms with Crippen molar-refractivity contribution in [1.29, 1.82) is 0 Å². The molecule has 0 heterocycles. The van der Waals surface area contributed by atoms with E-state index in [0.717, 1.165) is 4.90 Å². The molecule has 0 atom stereocenters. The van der Waals surface area contributed by atoms with E-state index >= 15 is 0 Å². The van der Waals surface area contributed by atoms with Crippen LogP contribution in [0.2, 0.25) is 0 Å². The molecule has 0 aliphatic rings. The van der Waals surface area contributed by atoms with E-state index in [0.29, 0.717) is 5.56 Å². The molecule has 0 bridgehead atoms. The third-order valence-corrected chi connectivity index (χ3v) is 2.65. The van der Waals surface area contributed by atoms with Crippen LogP contribution < -0.4 is 0 Å². The molecule has 0 saturated carbocycles. The Balaban J connectivity index is 2.47. The quantitative estimate of drug-likeness (QED) is 0.603. The largest absolute Gasteiger partial charge is 0.411 e. The van der Waals surface area contributed by atoms with Gasteiger partial charge < -0.3 is 4.74 Å². The van der Waals surface area contributed by atoms with Crippen molar-refractivity contribution in [2.45, 2.75) is 11.1 Å². The molecular weight excluding hydrogens is 253 g/mol. The highest BCUT2D eigenvalue weighted by Gasteiger charge is 2.27. The minimum atomic E-state index is -4.40. The number of carbonyl (C=O) groups is 1. The van der Waals surface area contributed by atoms with Crippen LogP contribution in [0.3, 0.4) is 0 Å². The SMILES string of the molecule is CSc1ccc(C(=O)COCC(F)(F)F)cc1. The van der Waals surface area contributed by atoms with Gasteiger partial charge >= 0.3 is 6.18 Å². The van der Waals surface area contributed by atoms with Crippen LogP contribution in [0.5, 0.6) is 0 Å². The topological polar surface area (TPSA) is 26.3 Å². The molecule has 1 aromatic carbocycles. The van der Waals surface area contributed by atoms with E-state index in [4.69, 9.17) is 0 Å². The van der Waals surface area contributed by atoms with Crippen LogP contribution in [0.1, 0.15) is 10.4 Å². The Morgan fingerprint density at radius 3 is 2.35 bits per heavy atom. The second kappa shape index (κ2) is 6.07. The lowest BCUT2D eigenvalue weighted by molar-refractivity contribution is -0.170. The van der Waals surface area contributed by atoms with Gasteiger partial charge in [-0.05, 0) is 18.4 Å². The number of ether oxygens (including phenoxy) is 1. The van der Waals surface area contributed by atoms with Crippen LogP contribution in [-0.4, -0.2) is 31.4 Å². The molecule has 0 unspecified atom stereocenters. The Labute approximate surface area is 101 Å². The fourth-order valence-corrected chi connectivity index (χ4v) is 1.53. The lowest BCUT2D eigenvalue weighted by Crippen LogP contribution is -2.20. The van der Waals surface area contributed by atoms with Crippen molar-refractivity contribution < 1.29 is 22.7 Å². The zero-order valence-electron chi connectivity index (χ0n) is 9.08. The molecule has 0 saturated heterocycles. The third-order valence-electron chi connectivity index (χ3n) is 1.91. The third kappa shape index (κ3) is 5.23. The Kier molecular flexibility index (Phi) is 5.02. The lowest BCUT2D eigenvalue weighted by Gasteiger charge is -2.07. The molecule has 0 N–H and O–H groups in total. The molecule has 0 spiro atoms. The van der Waals surface area contributed by atoms with Gasteiger partial charge in [-0.25, -0.2) is 0 Å². The molecule has 6 heteroatoms. The Morgan fingerprint density at radius 2 is 1.88 bits per heavy atom. The molecule has 0 fully saturated rings. The Morgan fingerprint density at radius 1 is 1.29 bits per heavy atom.